The Morgan fingerprint density at radius 2 is 1.61 bits per heavy atom. The number of halogens is 1. The van der Waals surface area contributed by atoms with Gasteiger partial charge >= 0.3 is 0 Å². The van der Waals surface area contributed by atoms with Crippen LogP contribution in [-0.2, 0) is 4.79 Å². The molecule has 0 fully saturated rings. The first-order chi connectivity index (χ1) is 13.3. The topological polar surface area (TPSA) is 93.2 Å². The maximum Gasteiger partial charge on any atom is 0.279 e. The minimum absolute atomic E-state index is 0.331. The molecule has 0 bridgehead atoms. The summed E-state index contributed by atoms with van der Waals surface area (Å²) in [6.45, 7) is 5.23. The van der Waals surface area contributed by atoms with Gasteiger partial charge in [0.15, 0.2) is 6.10 Å². The Morgan fingerprint density at radius 1 is 0.964 bits per heavy atom. The maximum absolute atomic E-state index is 12.9. The number of carbonyl (C=O) groups is 2. The summed E-state index contributed by atoms with van der Waals surface area (Å²) in [4.78, 5) is 33.2. The second-order valence-corrected chi connectivity index (χ2v) is 6.26. The number of aryl methyl sites for hydroxylation is 2. The van der Waals surface area contributed by atoms with Gasteiger partial charge in [0.25, 0.3) is 11.8 Å². The summed E-state index contributed by atoms with van der Waals surface area (Å²) in [5, 5.41) is 0. The molecule has 0 aliphatic heterocycles. The van der Waals surface area contributed by atoms with E-state index >= 15 is 0 Å². The summed E-state index contributed by atoms with van der Waals surface area (Å²) in [7, 11) is 0. The first kappa shape index (κ1) is 19.2. The molecular formula is C20H19FN4O3. The predicted octanol–water partition coefficient (Wildman–Crippen LogP) is 2.61. The highest BCUT2D eigenvalue weighted by molar-refractivity contribution is 5.98. The molecule has 0 saturated heterocycles. The fourth-order valence-electron chi connectivity index (χ4n) is 2.43. The fourth-order valence-corrected chi connectivity index (χ4v) is 2.43. The Morgan fingerprint density at radius 3 is 2.29 bits per heavy atom. The summed E-state index contributed by atoms with van der Waals surface area (Å²) < 4.78 is 18.3. The van der Waals surface area contributed by atoms with Crippen LogP contribution in [0.2, 0.25) is 0 Å². The number of amides is 2. The highest BCUT2D eigenvalue weighted by Gasteiger charge is 2.16. The summed E-state index contributed by atoms with van der Waals surface area (Å²) >= 11 is 0. The van der Waals surface area contributed by atoms with E-state index in [2.05, 4.69) is 20.8 Å². The molecule has 0 radical (unpaired) electrons. The number of aromatic nitrogens is 2. The van der Waals surface area contributed by atoms with Gasteiger partial charge in [0, 0.05) is 5.56 Å². The van der Waals surface area contributed by atoms with E-state index in [4.69, 9.17) is 4.74 Å². The van der Waals surface area contributed by atoms with Crippen molar-refractivity contribution in [2.45, 2.75) is 26.9 Å². The minimum Gasteiger partial charge on any atom is -0.481 e. The van der Waals surface area contributed by atoms with Gasteiger partial charge in [-0.15, -0.1) is 0 Å². The van der Waals surface area contributed by atoms with Crippen LogP contribution in [0.5, 0.6) is 5.75 Å². The Balaban J connectivity index is 1.61. The quantitative estimate of drug-likeness (QED) is 0.677. The van der Waals surface area contributed by atoms with Gasteiger partial charge in [-0.2, -0.15) is 0 Å². The number of benzene rings is 2. The standard InChI is InChI=1S/C20H19FN4O3/c1-11-12(2)23-18-10-14(4-9-17(18)22-11)20(27)25-24-19(26)13(3)28-16-7-5-15(21)6-8-16/h4-10,13H,1-3H3,(H,24,26)(H,25,27). The van der Waals surface area contributed by atoms with Crippen LogP contribution in [0.3, 0.4) is 0 Å². The Hall–Kier alpha value is -3.55. The molecule has 3 aromatic rings. The van der Waals surface area contributed by atoms with E-state index in [0.29, 0.717) is 22.3 Å². The van der Waals surface area contributed by atoms with Crippen molar-refractivity contribution in [1.29, 1.82) is 0 Å². The second kappa shape index (κ2) is 7.99. The normalized spacial score (nSPS) is 11.7. The largest absolute Gasteiger partial charge is 0.481 e. The first-order valence-corrected chi connectivity index (χ1v) is 8.61. The number of ether oxygens (including phenoxy) is 1. The van der Waals surface area contributed by atoms with Crippen molar-refractivity contribution in [3.63, 3.8) is 0 Å². The highest BCUT2D eigenvalue weighted by atomic mass is 19.1. The van der Waals surface area contributed by atoms with Crippen LogP contribution in [0.25, 0.3) is 11.0 Å². The van der Waals surface area contributed by atoms with E-state index < -0.39 is 23.7 Å². The van der Waals surface area contributed by atoms with Crippen molar-refractivity contribution in [3.05, 3.63) is 65.2 Å². The van der Waals surface area contributed by atoms with Crippen molar-refractivity contribution in [2.24, 2.45) is 0 Å². The molecule has 3 rings (SSSR count). The number of fused-ring (bicyclic) bond motifs is 1. The molecule has 0 spiro atoms. The molecule has 8 heteroatoms. The number of hydrazine groups is 1. The van der Waals surface area contributed by atoms with Crippen LogP contribution in [-0.4, -0.2) is 27.9 Å². The average Bonchev–Trinajstić information content (AvgIpc) is 2.68. The van der Waals surface area contributed by atoms with Crippen molar-refractivity contribution in [1.82, 2.24) is 20.8 Å². The predicted molar refractivity (Wildman–Crippen MR) is 101 cm³/mol. The number of nitrogens with one attached hydrogen (secondary N) is 2. The van der Waals surface area contributed by atoms with Gasteiger partial charge in [-0.1, -0.05) is 0 Å². The van der Waals surface area contributed by atoms with Gasteiger partial charge in [-0.3, -0.25) is 20.4 Å². The average molecular weight is 382 g/mol. The number of rotatable bonds is 4. The van der Waals surface area contributed by atoms with Crippen molar-refractivity contribution in [3.8, 4) is 5.75 Å². The summed E-state index contributed by atoms with van der Waals surface area (Å²) in [5.74, 6) is -1.11. The van der Waals surface area contributed by atoms with E-state index in [1.165, 1.54) is 31.2 Å². The molecule has 7 nitrogen and oxygen atoms in total. The van der Waals surface area contributed by atoms with E-state index in [-0.39, 0.29) is 0 Å². The number of hydrogen-bond acceptors (Lipinski definition) is 5. The molecule has 0 saturated carbocycles. The smallest absolute Gasteiger partial charge is 0.279 e. The lowest BCUT2D eigenvalue weighted by molar-refractivity contribution is -0.128. The molecule has 0 aliphatic carbocycles. The van der Waals surface area contributed by atoms with Crippen molar-refractivity contribution >= 4 is 22.8 Å². The molecule has 2 aromatic carbocycles. The zero-order valence-corrected chi connectivity index (χ0v) is 15.6. The first-order valence-electron chi connectivity index (χ1n) is 8.61. The zero-order valence-electron chi connectivity index (χ0n) is 15.6. The van der Waals surface area contributed by atoms with E-state index in [1.807, 2.05) is 13.8 Å². The third kappa shape index (κ3) is 4.40. The van der Waals surface area contributed by atoms with Gasteiger partial charge in [-0.25, -0.2) is 14.4 Å². The highest BCUT2D eigenvalue weighted by Crippen LogP contribution is 2.15. The SMILES string of the molecule is Cc1nc2ccc(C(=O)NNC(=O)C(C)Oc3ccc(F)cc3)cc2nc1C. The third-order valence-electron chi connectivity index (χ3n) is 4.13. The van der Waals surface area contributed by atoms with Crippen LogP contribution in [0.4, 0.5) is 4.39 Å². The molecule has 1 heterocycles. The van der Waals surface area contributed by atoms with E-state index in [9.17, 15) is 14.0 Å². The summed E-state index contributed by atoms with van der Waals surface area (Å²) in [5.41, 5.74) is 7.86. The Bertz CT molecular complexity index is 1040. The lowest BCUT2D eigenvalue weighted by atomic mass is 10.1. The molecule has 0 aliphatic rings. The molecule has 28 heavy (non-hydrogen) atoms. The van der Waals surface area contributed by atoms with Gasteiger partial charge in [0.2, 0.25) is 0 Å². The van der Waals surface area contributed by atoms with Gasteiger partial charge in [0.05, 0.1) is 22.4 Å². The summed E-state index contributed by atoms with van der Waals surface area (Å²) in [6.07, 6.45) is -0.890. The summed E-state index contributed by atoms with van der Waals surface area (Å²) in [6, 6.07) is 10.2. The Kier molecular flexibility index (Phi) is 5.49. The maximum atomic E-state index is 12.9. The molecular weight excluding hydrogens is 363 g/mol. The van der Waals surface area contributed by atoms with Crippen LogP contribution in [0.1, 0.15) is 28.7 Å². The lowest BCUT2D eigenvalue weighted by Gasteiger charge is -2.15. The number of nitrogens with zero attached hydrogens (tertiary/aromatic N) is 2. The minimum atomic E-state index is -0.890. The number of carbonyl (C=O) groups excluding carboxylic acids is 2. The van der Waals surface area contributed by atoms with Gasteiger partial charge < -0.3 is 4.74 Å². The van der Waals surface area contributed by atoms with Crippen LogP contribution in [0.15, 0.2) is 42.5 Å². The number of hydrogen-bond donors (Lipinski definition) is 2. The molecule has 1 aromatic heterocycles. The van der Waals surface area contributed by atoms with E-state index in [1.54, 1.807) is 18.2 Å². The van der Waals surface area contributed by atoms with Crippen molar-refractivity contribution in [2.75, 3.05) is 0 Å². The van der Waals surface area contributed by atoms with Crippen LogP contribution < -0.4 is 15.6 Å². The van der Waals surface area contributed by atoms with Crippen LogP contribution in [0, 0.1) is 19.7 Å². The second-order valence-electron chi connectivity index (χ2n) is 6.26. The van der Waals surface area contributed by atoms with Crippen molar-refractivity contribution < 1.29 is 18.7 Å². The lowest BCUT2D eigenvalue weighted by Crippen LogP contribution is -2.47. The molecule has 1 atom stereocenters. The molecule has 2 N–H and O–H groups in total. The molecule has 144 valence electrons. The fraction of sp³-hybridized carbons (Fsp3) is 0.200. The van der Waals surface area contributed by atoms with Gasteiger partial charge in [0.1, 0.15) is 11.6 Å². The van der Waals surface area contributed by atoms with Gasteiger partial charge in [-0.05, 0) is 63.2 Å². The van der Waals surface area contributed by atoms with E-state index in [0.717, 1.165) is 11.4 Å². The Labute approximate surface area is 160 Å². The molecule has 2 amide bonds. The van der Waals surface area contributed by atoms with Crippen LogP contribution >= 0.6 is 0 Å². The third-order valence-corrected chi connectivity index (χ3v) is 4.13. The monoisotopic (exact) mass is 382 g/mol. The molecule has 1 unspecified atom stereocenters. The zero-order chi connectivity index (χ0) is 20.3.